The predicted octanol–water partition coefficient (Wildman–Crippen LogP) is 1.45. The molecule has 5 nitrogen and oxygen atoms in total. The molecule has 1 atom stereocenters. The van der Waals surface area contributed by atoms with Crippen molar-refractivity contribution in [3.8, 4) is 0 Å². The number of amidine groups is 1. The highest BCUT2D eigenvalue weighted by Crippen LogP contribution is 2.24. The molecule has 1 aliphatic heterocycles. The summed E-state index contributed by atoms with van der Waals surface area (Å²) in [6.45, 7) is 0.221. The minimum Gasteiger partial charge on any atom is -0.386 e. The Morgan fingerprint density at radius 3 is 2.53 bits per heavy atom. The molecule has 0 aromatic carbocycles. The lowest BCUT2D eigenvalue weighted by atomic mass is 10.0. The van der Waals surface area contributed by atoms with Crippen molar-refractivity contribution in [3.63, 3.8) is 0 Å². The van der Waals surface area contributed by atoms with Gasteiger partial charge in [-0.15, -0.1) is 0 Å². The van der Waals surface area contributed by atoms with E-state index >= 15 is 0 Å². The summed E-state index contributed by atoms with van der Waals surface area (Å²) in [5, 5.41) is 7.37. The number of nitrogens with zero attached hydrogens (tertiary/aromatic N) is 1. The highest BCUT2D eigenvalue weighted by molar-refractivity contribution is 7.89. The molecule has 1 aliphatic rings. The van der Waals surface area contributed by atoms with Crippen LogP contribution in [0.1, 0.15) is 32.1 Å². The Kier molecular flexibility index (Phi) is 5.19. The third-order valence-electron chi connectivity index (χ3n) is 3.03. The Morgan fingerprint density at radius 2 is 2.00 bits per heavy atom. The lowest BCUT2D eigenvalue weighted by molar-refractivity contribution is -0.134. The van der Waals surface area contributed by atoms with Gasteiger partial charge in [0.05, 0.1) is 11.8 Å². The number of nitrogens with two attached hydrogens (primary N) is 1. The molecule has 0 aliphatic carbocycles. The summed E-state index contributed by atoms with van der Waals surface area (Å²) < 4.78 is 61.1. The molecule has 0 spiro atoms. The average molecular weight is 301 g/mol. The van der Waals surface area contributed by atoms with E-state index in [1.165, 1.54) is 0 Å². The third-order valence-corrected chi connectivity index (χ3v) is 4.99. The molecule has 1 fully saturated rings. The van der Waals surface area contributed by atoms with E-state index in [2.05, 4.69) is 0 Å². The first kappa shape index (κ1) is 16.2. The fourth-order valence-electron chi connectivity index (χ4n) is 2.12. The van der Waals surface area contributed by atoms with Crippen LogP contribution in [-0.2, 0) is 10.0 Å². The molecular weight excluding hydrogens is 283 g/mol. The van der Waals surface area contributed by atoms with Crippen LogP contribution in [0, 0.1) is 5.41 Å². The highest BCUT2D eigenvalue weighted by Gasteiger charge is 2.35. The van der Waals surface area contributed by atoms with Crippen LogP contribution in [0.2, 0.25) is 0 Å². The third kappa shape index (κ3) is 4.98. The summed E-state index contributed by atoms with van der Waals surface area (Å²) in [5.74, 6) is -0.810. The van der Waals surface area contributed by atoms with Crippen LogP contribution < -0.4 is 5.73 Å². The maximum absolute atomic E-state index is 12.0. The van der Waals surface area contributed by atoms with Gasteiger partial charge in [0.1, 0.15) is 5.84 Å². The molecule has 1 saturated heterocycles. The quantitative estimate of drug-likeness (QED) is 0.595. The summed E-state index contributed by atoms with van der Waals surface area (Å²) in [7, 11) is -3.79. The minimum absolute atomic E-state index is 0.221. The van der Waals surface area contributed by atoms with Crippen molar-refractivity contribution in [2.75, 3.05) is 12.3 Å². The lowest BCUT2D eigenvalue weighted by Gasteiger charge is -2.33. The molecule has 19 heavy (non-hydrogen) atoms. The van der Waals surface area contributed by atoms with Crippen LogP contribution in [0.25, 0.3) is 0 Å². The van der Waals surface area contributed by atoms with Crippen molar-refractivity contribution in [2.45, 2.75) is 44.3 Å². The van der Waals surface area contributed by atoms with Gasteiger partial charge in [-0.05, 0) is 19.3 Å². The number of sulfonamides is 1. The highest BCUT2D eigenvalue weighted by atomic mass is 32.2. The first-order valence-electron chi connectivity index (χ1n) is 6.04. The maximum atomic E-state index is 12.0. The van der Waals surface area contributed by atoms with Crippen molar-refractivity contribution in [3.05, 3.63) is 0 Å². The van der Waals surface area contributed by atoms with Gasteiger partial charge in [0.15, 0.2) is 0 Å². The molecule has 112 valence electrons. The fourth-order valence-corrected chi connectivity index (χ4v) is 3.88. The van der Waals surface area contributed by atoms with Gasteiger partial charge in [-0.3, -0.25) is 5.41 Å². The molecule has 1 heterocycles. The van der Waals surface area contributed by atoms with Crippen LogP contribution in [0.3, 0.4) is 0 Å². The number of hydrogen-bond acceptors (Lipinski definition) is 3. The Morgan fingerprint density at radius 1 is 1.37 bits per heavy atom. The van der Waals surface area contributed by atoms with Gasteiger partial charge in [0.2, 0.25) is 10.0 Å². The van der Waals surface area contributed by atoms with Crippen molar-refractivity contribution < 1.29 is 21.6 Å². The van der Waals surface area contributed by atoms with Crippen molar-refractivity contribution >= 4 is 15.9 Å². The van der Waals surface area contributed by atoms with Crippen molar-refractivity contribution in [1.82, 2.24) is 4.31 Å². The molecule has 0 amide bonds. The Labute approximate surface area is 110 Å². The van der Waals surface area contributed by atoms with Gasteiger partial charge >= 0.3 is 6.18 Å². The first-order valence-corrected chi connectivity index (χ1v) is 7.64. The zero-order chi connectivity index (χ0) is 14.7. The van der Waals surface area contributed by atoms with E-state index in [0.29, 0.717) is 12.8 Å². The number of halogens is 3. The van der Waals surface area contributed by atoms with Crippen LogP contribution in [-0.4, -0.2) is 43.1 Å². The number of nitrogens with one attached hydrogen (secondary N) is 1. The molecule has 9 heteroatoms. The Hall–Kier alpha value is -0.830. The summed E-state index contributed by atoms with van der Waals surface area (Å²) in [6.07, 6.45) is -4.08. The van der Waals surface area contributed by atoms with Gasteiger partial charge in [-0.25, -0.2) is 8.42 Å². The van der Waals surface area contributed by atoms with E-state index in [1.807, 2.05) is 0 Å². The van der Waals surface area contributed by atoms with Crippen LogP contribution in [0.4, 0.5) is 13.2 Å². The van der Waals surface area contributed by atoms with E-state index in [4.69, 9.17) is 11.1 Å². The molecular formula is C10H18F3N3O2S. The summed E-state index contributed by atoms with van der Waals surface area (Å²) in [4.78, 5) is 0. The largest absolute Gasteiger partial charge is 0.389 e. The van der Waals surface area contributed by atoms with E-state index in [1.54, 1.807) is 0 Å². The van der Waals surface area contributed by atoms with Gasteiger partial charge < -0.3 is 5.73 Å². The molecule has 0 saturated carbocycles. The normalized spacial score (nSPS) is 22.4. The van der Waals surface area contributed by atoms with E-state index in [9.17, 15) is 21.6 Å². The van der Waals surface area contributed by atoms with E-state index < -0.39 is 40.8 Å². The van der Waals surface area contributed by atoms with Gasteiger partial charge in [-0.2, -0.15) is 17.5 Å². The van der Waals surface area contributed by atoms with E-state index in [0.717, 1.165) is 10.7 Å². The van der Waals surface area contributed by atoms with Gasteiger partial charge in [0.25, 0.3) is 0 Å². The van der Waals surface area contributed by atoms with Crippen LogP contribution in [0.5, 0.6) is 0 Å². The number of hydrogen-bond donors (Lipinski definition) is 2. The predicted molar refractivity (Wildman–Crippen MR) is 65.3 cm³/mol. The Balaban J connectivity index is 2.66. The number of rotatable bonds is 5. The molecule has 0 radical (unpaired) electrons. The average Bonchev–Trinajstić information content (AvgIpc) is 2.27. The van der Waals surface area contributed by atoms with Gasteiger partial charge in [0, 0.05) is 13.0 Å². The van der Waals surface area contributed by atoms with Crippen molar-refractivity contribution in [2.24, 2.45) is 5.73 Å². The molecule has 0 bridgehead atoms. The zero-order valence-corrected chi connectivity index (χ0v) is 11.2. The molecule has 0 aromatic rings. The molecule has 1 unspecified atom stereocenters. The fraction of sp³-hybridized carbons (Fsp3) is 0.900. The second-order valence-electron chi connectivity index (χ2n) is 4.61. The zero-order valence-electron chi connectivity index (χ0n) is 10.4. The van der Waals surface area contributed by atoms with Crippen LogP contribution in [0.15, 0.2) is 0 Å². The van der Waals surface area contributed by atoms with E-state index in [-0.39, 0.29) is 12.4 Å². The Bertz CT molecular complexity index is 422. The summed E-state index contributed by atoms with van der Waals surface area (Å²) in [6, 6.07) is -0.704. The molecule has 0 aromatic heterocycles. The number of alkyl halides is 3. The summed E-state index contributed by atoms with van der Waals surface area (Å²) >= 11 is 0. The monoisotopic (exact) mass is 301 g/mol. The second-order valence-corrected chi connectivity index (χ2v) is 6.65. The summed E-state index contributed by atoms with van der Waals surface area (Å²) in [5.41, 5.74) is 5.35. The van der Waals surface area contributed by atoms with Crippen LogP contribution >= 0.6 is 0 Å². The molecule has 1 rings (SSSR count). The SMILES string of the molecule is N=C(N)C1CCCCN1S(=O)(=O)CCCC(F)(F)F. The first-order chi connectivity index (χ1) is 8.63. The second kappa shape index (κ2) is 6.08. The topological polar surface area (TPSA) is 87.2 Å². The standard InChI is InChI=1S/C10H18F3N3O2S/c11-10(12,13)5-3-7-19(17,18)16-6-2-1-4-8(16)9(14)15/h8H,1-7H2,(H3,14,15). The molecule has 3 N–H and O–H groups in total. The smallest absolute Gasteiger partial charge is 0.386 e. The van der Waals surface area contributed by atoms with Crippen molar-refractivity contribution in [1.29, 1.82) is 5.41 Å². The van der Waals surface area contributed by atoms with Gasteiger partial charge in [-0.1, -0.05) is 6.42 Å². The lowest BCUT2D eigenvalue weighted by Crippen LogP contribution is -2.50. The number of piperidine rings is 1. The maximum Gasteiger partial charge on any atom is 0.389 e. The minimum atomic E-state index is -4.35.